The standard InChI is InChI=1S/C19H18BrClN2O4/c1-26-16-8-13(21)14(9-17(16)27-2)22-19(25)11-7-18(24)23(10-11)15-6-4-3-5-12(15)20/h3-6,8-9,11H,7,10H2,1-2H3,(H,22,25)/t11-/m0/s1. The first-order valence-corrected chi connectivity index (χ1v) is 9.39. The predicted molar refractivity (Wildman–Crippen MR) is 108 cm³/mol. The third-order valence-electron chi connectivity index (χ3n) is 4.37. The lowest BCUT2D eigenvalue weighted by Crippen LogP contribution is -2.28. The van der Waals surface area contributed by atoms with Crippen LogP contribution in [0.15, 0.2) is 40.9 Å². The van der Waals surface area contributed by atoms with Crippen molar-refractivity contribution in [2.75, 3.05) is 31.0 Å². The topological polar surface area (TPSA) is 67.9 Å². The van der Waals surface area contributed by atoms with E-state index in [2.05, 4.69) is 21.2 Å². The van der Waals surface area contributed by atoms with Crippen molar-refractivity contribution in [2.45, 2.75) is 6.42 Å². The van der Waals surface area contributed by atoms with Gasteiger partial charge in [-0.3, -0.25) is 9.59 Å². The monoisotopic (exact) mass is 452 g/mol. The maximum Gasteiger partial charge on any atom is 0.229 e. The summed E-state index contributed by atoms with van der Waals surface area (Å²) in [7, 11) is 3.01. The van der Waals surface area contributed by atoms with Crippen LogP contribution in [0.25, 0.3) is 0 Å². The Bertz CT molecular complexity index is 890. The van der Waals surface area contributed by atoms with E-state index in [0.717, 1.165) is 10.2 Å². The van der Waals surface area contributed by atoms with E-state index in [1.54, 1.807) is 17.0 Å². The van der Waals surface area contributed by atoms with Gasteiger partial charge < -0.3 is 19.7 Å². The smallest absolute Gasteiger partial charge is 0.229 e. The number of halogens is 2. The number of amides is 2. The summed E-state index contributed by atoms with van der Waals surface area (Å²) in [6.45, 7) is 0.304. The van der Waals surface area contributed by atoms with Gasteiger partial charge in [0.1, 0.15) is 0 Å². The number of para-hydroxylation sites is 1. The Labute approximate surface area is 170 Å². The summed E-state index contributed by atoms with van der Waals surface area (Å²) in [4.78, 5) is 26.7. The molecule has 1 fully saturated rings. The van der Waals surface area contributed by atoms with E-state index in [0.29, 0.717) is 28.8 Å². The van der Waals surface area contributed by atoms with Crippen molar-refractivity contribution in [2.24, 2.45) is 5.92 Å². The highest BCUT2D eigenvalue weighted by Gasteiger charge is 2.36. The van der Waals surface area contributed by atoms with E-state index in [9.17, 15) is 9.59 Å². The largest absolute Gasteiger partial charge is 0.493 e. The summed E-state index contributed by atoms with van der Waals surface area (Å²) in [6.07, 6.45) is 0.137. The molecular formula is C19H18BrClN2O4. The van der Waals surface area contributed by atoms with Gasteiger partial charge in [0.25, 0.3) is 0 Å². The molecule has 2 aromatic rings. The first-order valence-electron chi connectivity index (χ1n) is 8.22. The molecule has 1 heterocycles. The number of hydrogen-bond donors (Lipinski definition) is 1. The predicted octanol–water partition coefficient (Wildman–Crippen LogP) is 4.11. The second kappa shape index (κ2) is 8.19. The highest BCUT2D eigenvalue weighted by molar-refractivity contribution is 9.10. The molecule has 0 spiro atoms. The Morgan fingerprint density at radius 3 is 2.56 bits per heavy atom. The number of carbonyl (C=O) groups is 2. The molecular weight excluding hydrogens is 436 g/mol. The van der Waals surface area contributed by atoms with Gasteiger partial charge >= 0.3 is 0 Å². The fourth-order valence-corrected chi connectivity index (χ4v) is 3.67. The third kappa shape index (κ3) is 4.04. The quantitative estimate of drug-likeness (QED) is 0.740. The minimum absolute atomic E-state index is 0.0968. The van der Waals surface area contributed by atoms with E-state index in [4.69, 9.17) is 21.1 Å². The van der Waals surface area contributed by atoms with Crippen molar-refractivity contribution < 1.29 is 19.1 Å². The zero-order chi connectivity index (χ0) is 19.6. The molecule has 1 saturated heterocycles. The Kier molecular flexibility index (Phi) is 5.92. The second-order valence-corrected chi connectivity index (χ2v) is 7.29. The van der Waals surface area contributed by atoms with Crippen molar-refractivity contribution in [1.82, 2.24) is 0 Å². The van der Waals surface area contributed by atoms with Crippen LogP contribution >= 0.6 is 27.5 Å². The van der Waals surface area contributed by atoms with Gasteiger partial charge in [-0.05, 0) is 28.1 Å². The van der Waals surface area contributed by atoms with Crippen LogP contribution in [-0.2, 0) is 9.59 Å². The minimum Gasteiger partial charge on any atom is -0.493 e. The van der Waals surface area contributed by atoms with E-state index in [1.807, 2.05) is 24.3 Å². The van der Waals surface area contributed by atoms with E-state index in [-0.39, 0.29) is 18.2 Å². The van der Waals surface area contributed by atoms with Crippen LogP contribution < -0.4 is 19.7 Å². The highest BCUT2D eigenvalue weighted by Crippen LogP contribution is 2.37. The molecule has 2 amide bonds. The van der Waals surface area contributed by atoms with Crippen LogP contribution in [0.5, 0.6) is 11.5 Å². The maximum absolute atomic E-state index is 12.7. The Morgan fingerprint density at radius 1 is 1.22 bits per heavy atom. The number of rotatable bonds is 5. The van der Waals surface area contributed by atoms with Gasteiger partial charge in [0.05, 0.1) is 36.5 Å². The SMILES string of the molecule is COc1cc(Cl)c(NC(=O)[C@H]2CC(=O)N(c3ccccc3Br)C2)cc1OC. The molecule has 2 aromatic carbocycles. The molecule has 3 rings (SSSR count). The van der Waals surface area contributed by atoms with Gasteiger partial charge in [0.15, 0.2) is 11.5 Å². The molecule has 0 radical (unpaired) electrons. The van der Waals surface area contributed by atoms with Crippen molar-refractivity contribution in [3.05, 3.63) is 45.9 Å². The number of benzene rings is 2. The third-order valence-corrected chi connectivity index (χ3v) is 5.35. The fourth-order valence-electron chi connectivity index (χ4n) is 2.97. The lowest BCUT2D eigenvalue weighted by atomic mass is 10.1. The summed E-state index contributed by atoms with van der Waals surface area (Å²) in [6, 6.07) is 10.6. The molecule has 8 heteroatoms. The Morgan fingerprint density at radius 2 is 1.89 bits per heavy atom. The second-order valence-electron chi connectivity index (χ2n) is 6.03. The van der Waals surface area contributed by atoms with E-state index in [1.165, 1.54) is 14.2 Å². The maximum atomic E-state index is 12.7. The number of methoxy groups -OCH3 is 2. The number of nitrogens with one attached hydrogen (secondary N) is 1. The molecule has 6 nitrogen and oxygen atoms in total. The van der Waals surface area contributed by atoms with Crippen molar-refractivity contribution >= 4 is 50.7 Å². The average Bonchev–Trinajstić information content (AvgIpc) is 3.05. The summed E-state index contributed by atoms with van der Waals surface area (Å²) >= 11 is 9.67. The zero-order valence-corrected chi connectivity index (χ0v) is 17.1. The molecule has 1 aliphatic rings. The summed E-state index contributed by atoms with van der Waals surface area (Å²) in [5.74, 6) is 0.0763. The Hall–Kier alpha value is -2.25. The number of anilines is 2. The molecule has 0 aliphatic carbocycles. The van der Waals surface area contributed by atoms with Crippen LogP contribution in [0.4, 0.5) is 11.4 Å². The normalized spacial score (nSPS) is 16.4. The molecule has 0 bridgehead atoms. The lowest BCUT2D eigenvalue weighted by Gasteiger charge is -2.18. The highest BCUT2D eigenvalue weighted by atomic mass is 79.9. The molecule has 27 heavy (non-hydrogen) atoms. The van der Waals surface area contributed by atoms with Crippen LogP contribution in [0, 0.1) is 5.92 Å². The number of nitrogens with zero attached hydrogens (tertiary/aromatic N) is 1. The lowest BCUT2D eigenvalue weighted by molar-refractivity contribution is -0.122. The zero-order valence-electron chi connectivity index (χ0n) is 14.8. The molecule has 0 aromatic heterocycles. The van der Waals surface area contributed by atoms with E-state index < -0.39 is 5.92 Å². The molecule has 1 atom stereocenters. The van der Waals surface area contributed by atoms with E-state index >= 15 is 0 Å². The molecule has 142 valence electrons. The van der Waals surface area contributed by atoms with Gasteiger partial charge in [-0.15, -0.1) is 0 Å². The number of hydrogen-bond acceptors (Lipinski definition) is 4. The van der Waals surface area contributed by atoms with Crippen molar-refractivity contribution in [1.29, 1.82) is 0 Å². The minimum atomic E-state index is -0.478. The number of ether oxygens (including phenoxy) is 2. The Balaban J connectivity index is 1.76. The fraction of sp³-hybridized carbons (Fsp3) is 0.263. The summed E-state index contributed by atoms with van der Waals surface area (Å²) < 4.78 is 11.2. The van der Waals surface area contributed by atoms with Crippen LogP contribution in [0.2, 0.25) is 5.02 Å². The molecule has 1 aliphatic heterocycles. The summed E-state index contributed by atoms with van der Waals surface area (Å²) in [5.41, 5.74) is 1.16. The first kappa shape index (κ1) is 19.5. The molecule has 0 unspecified atom stereocenters. The average molecular weight is 454 g/mol. The van der Waals surface area contributed by atoms with Gasteiger partial charge in [-0.25, -0.2) is 0 Å². The van der Waals surface area contributed by atoms with Crippen molar-refractivity contribution in [3.63, 3.8) is 0 Å². The van der Waals surface area contributed by atoms with Gasteiger partial charge in [0, 0.05) is 29.6 Å². The first-order chi connectivity index (χ1) is 12.9. The van der Waals surface area contributed by atoms with Gasteiger partial charge in [0.2, 0.25) is 11.8 Å². The van der Waals surface area contributed by atoms with Crippen LogP contribution in [0.3, 0.4) is 0 Å². The number of carbonyl (C=O) groups excluding carboxylic acids is 2. The van der Waals surface area contributed by atoms with Crippen molar-refractivity contribution in [3.8, 4) is 11.5 Å². The van der Waals surface area contributed by atoms with Crippen LogP contribution in [0.1, 0.15) is 6.42 Å². The van der Waals surface area contributed by atoms with Gasteiger partial charge in [-0.1, -0.05) is 23.7 Å². The molecule has 0 saturated carbocycles. The van der Waals surface area contributed by atoms with Gasteiger partial charge in [-0.2, -0.15) is 0 Å². The van der Waals surface area contributed by atoms with Crippen LogP contribution in [-0.4, -0.2) is 32.6 Å². The summed E-state index contributed by atoms with van der Waals surface area (Å²) in [5, 5.41) is 3.12. The molecule has 1 N–H and O–H groups in total.